The molecular formula is C17H26N4. The summed E-state index contributed by atoms with van der Waals surface area (Å²) in [6.07, 6.45) is 8.24. The van der Waals surface area contributed by atoms with E-state index in [-0.39, 0.29) is 6.04 Å². The van der Waals surface area contributed by atoms with E-state index in [0.717, 1.165) is 31.6 Å². The van der Waals surface area contributed by atoms with Crippen LogP contribution in [0.5, 0.6) is 0 Å². The first-order valence-electron chi connectivity index (χ1n) is 7.84. The second kappa shape index (κ2) is 7.36. The molecular weight excluding hydrogens is 260 g/mol. The topological polar surface area (TPSA) is 42.7 Å². The van der Waals surface area contributed by atoms with Gasteiger partial charge in [-0.25, -0.2) is 0 Å². The van der Waals surface area contributed by atoms with E-state index in [0.29, 0.717) is 0 Å². The zero-order valence-corrected chi connectivity index (χ0v) is 13.6. The van der Waals surface area contributed by atoms with Gasteiger partial charge in [-0.2, -0.15) is 5.10 Å². The van der Waals surface area contributed by atoms with Gasteiger partial charge in [0.2, 0.25) is 0 Å². The van der Waals surface area contributed by atoms with E-state index in [4.69, 9.17) is 0 Å². The van der Waals surface area contributed by atoms with Crippen LogP contribution in [0.15, 0.2) is 24.7 Å². The lowest BCUT2D eigenvalue weighted by Gasteiger charge is -2.19. The van der Waals surface area contributed by atoms with Crippen molar-refractivity contribution in [2.24, 2.45) is 0 Å². The van der Waals surface area contributed by atoms with Gasteiger partial charge in [-0.3, -0.25) is 9.67 Å². The number of nitrogens with zero attached hydrogens (tertiary/aromatic N) is 3. The zero-order valence-electron chi connectivity index (χ0n) is 13.6. The molecule has 0 saturated carbocycles. The van der Waals surface area contributed by atoms with E-state index in [1.54, 1.807) is 0 Å². The molecule has 21 heavy (non-hydrogen) atoms. The third kappa shape index (κ3) is 3.91. The largest absolute Gasteiger partial charge is 0.305 e. The maximum atomic E-state index is 4.66. The summed E-state index contributed by atoms with van der Waals surface area (Å²) in [6.45, 7) is 10.5. The number of rotatable bonds is 7. The minimum absolute atomic E-state index is 0.121. The molecule has 0 aliphatic heterocycles. The van der Waals surface area contributed by atoms with Gasteiger partial charge >= 0.3 is 0 Å². The molecule has 0 aliphatic carbocycles. The normalized spacial score (nSPS) is 12.6. The number of aromatic nitrogens is 3. The first kappa shape index (κ1) is 15.7. The maximum absolute atomic E-state index is 4.66. The number of pyridine rings is 1. The molecule has 1 unspecified atom stereocenters. The SMILES string of the molecule is CCCNC(c1cnn(CCC)c1)c1ncc(C)cc1C. The molecule has 1 atom stereocenters. The molecule has 0 radical (unpaired) electrons. The van der Waals surface area contributed by atoms with E-state index in [9.17, 15) is 0 Å². The Morgan fingerprint density at radius 2 is 2.00 bits per heavy atom. The van der Waals surface area contributed by atoms with Crippen molar-refractivity contribution >= 4 is 0 Å². The van der Waals surface area contributed by atoms with Crippen LogP contribution in [0.4, 0.5) is 0 Å². The molecule has 0 aliphatic rings. The Morgan fingerprint density at radius 3 is 2.67 bits per heavy atom. The standard InChI is InChI=1S/C17H26N4/c1-5-7-18-17(15-11-20-21(12-15)8-6-2)16-14(4)9-13(3)10-19-16/h9-12,17-18H,5-8H2,1-4H3. The van der Waals surface area contributed by atoms with Gasteiger partial charge in [0.1, 0.15) is 0 Å². The van der Waals surface area contributed by atoms with Crippen molar-refractivity contribution in [1.82, 2.24) is 20.1 Å². The molecule has 0 fully saturated rings. The average Bonchev–Trinajstić information content (AvgIpc) is 2.90. The van der Waals surface area contributed by atoms with Crippen molar-refractivity contribution in [3.05, 3.63) is 47.0 Å². The van der Waals surface area contributed by atoms with E-state index in [1.165, 1.54) is 16.7 Å². The van der Waals surface area contributed by atoms with Crippen LogP contribution in [0.25, 0.3) is 0 Å². The van der Waals surface area contributed by atoms with Crippen LogP contribution in [0.3, 0.4) is 0 Å². The van der Waals surface area contributed by atoms with Gasteiger partial charge in [0, 0.05) is 24.5 Å². The molecule has 0 amide bonds. The number of hydrogen-bond acceptors (Lipinski definition) is 3. The lowest BCUT2D eigenvalue weighted by Crippen LogP contribution is -2.24. The highest BCUT2D eigenvalue weighted by Crippen LogP contribution is 2.23. The van der Waals surface area contributed by atoms with Crippen molar-refractivity contribution in [3.63, 3.8) is 0 Å². The number of hydrogen-bond donors (Lipinski definition) is 1. The summed E-state index contributed by atoms with van der Waals surface area (Å²) >= 11 is 0. The second-order valence-corrected chi connectivity index (χ2v) is 5.64. The fourth-order valence-corrected chi connectivity index (χ4v) is 2.57. The van der Waals surface area contributed by atoms with Gasteiger partial charge < -0.3 is 5.32 Å². The first-order chi connectivity index (χ1) is 10.2. The monoisotopic (exact) mass is 286 g/mol. The fraction of sp³-hybridized carbons (Fsp3) is 0.529. The van der Waals surface area contributed by atoms with Crippen LogP contribution in [-0.2, 0) is 6.54 Å². The Balaban J connectivity index is 2.32. The highest BCUT2D eigenvalue weighted by atomic mass is 15.3. The van der Waals surface area contributed by atoms with Crippen LogP contribution in [0.2, 0.25) is 0 Å². The molecule has 4 nitrogen and oxygen atoms in total. The summed E-state index contributed by atoms with van der Waals surface area (Å²) in [6, 6.07) is 2.32. The molecule has 0 spiro atoms. The van der Waals surface area contributed by atoms with E-state index in [2.05, 4.69) is 55.4 Å². The third-order valence-electron chi connectivity index (χ3n) is 3.57. The Labute approximate surface area is 127 Å². The minimum Gasteiger partial charge on any atom is -0.305 e. The molecule has 0 bridgehead atoms. The summed E-state index contributed by atoms with van der Waals surface area (Å²) in [5, 5.41) is 8.06. The molecule has 0 aromatic carbocycles. The zero-order chi connectivity index (χ0) is 15.2. The molecule has 2 aromatic heterocycles. The molecule has 4 heteroatoms. The summed E-state index contributed by atoms with van der Waals surface area (Å²) in [4.78, 5) is 4.66. The molecule has 2 rings (SSSR count). The Hall–Kier alpha value is -1.68. The van der Waals surface area contributed by atoms with Gasteiger partial charge in [-0.1, -0.05) is 19.9 Å². The molecule has 2 heterocycles. The third-order valence-corrected chi connectivity index (χ3v) is 3.57. The second-order valence-electron chi connectivity index (χ2n) is 5.64. The summed E-state index contributed by atoms with van der Waals surface area (Å²) in [5.41, 5.74) is 4.72. The molecule has 2 aromatic rings. The number of nitrogens with one attached hydrogen (secondary N) is 1. The summed E-state index contributed by atoms with van der Waals surface area (Å²) in [7, 11) is 0. The van der Waals surface area contributed by atoms with Crippen LogP contribution in [-0.4, -0.2) is 21.3 Å². The van der Waals surface area contributed by atoms with E-state index >= 15 is 0 Å². The van der Waals surface area contributed by atoms with Crippen LogP contribution in [0.1, 0.15) is 55.1 Å². The van der Waals surface area contributed by atoms with Crippen LogP contribution in [0, 0.1) is 13.8 Å². The Kier molecular flexibility index (Phi) is 5.51. The highest BCUT2D eigenvalue weighted by molar-refractivity contribution is 5.32. The summed E-state index contributed by atoms with van der Waals surface area (Å²) in [5.74, 6) is 0. The molecule has 0 saturated heterocycles. The van der Waals surface area contributed by atoms with Crippen LogP contribution >= 0.6 is 0 Å². The van der Waals surface area contributed by atoms with Crippen molar-refractivity contribution in [2.45, 2.75) is 53.1 Å². The predicted octanol–water partition coefficient (Wildman–Crippen LogP) is 3.39. The predicted molar refractivity (Wildman–Crippen MR) is 86.4 cm³/mol. The molecule has 114 valence electrons. The Bertz CT molecular complexity index is 574. The van der Waals surface area contributed by atoms with Gasteiger partial charge in [-0.15, -0.1) is 0 Å². The first-order valence-corrected chi connectivity index (χ1v) is 7.84. The smallest absolute Gasteiger partial charge is 0.0784 e. The van der Waals surface area contributed by atoms with Gasteiger partial charge in [0.15, 0.2) is 0 Å². The van der Waals surface area contributed by atoms with Crippen LogP contribution < -0.4 is 5.32 Å². The lowest BCUT2D eigenvalue weighted by atomic mass is 10.0. The van der Waals surface area contributed by atoms with Crippen molar-refractivity contribution in [2.75, 3.05) is 6.54 Å². The molecule has 1 N–H and O–H groups in total. The van der Waals surface area contributed by atoms with Crippen molar-refractivity contribution in [3.8, 4) is 0 Å². The Morgan fingerprint density at radius 1 is 1.19 bits per heavy atom. The van der Waals surface area contributed by atoms with E-state index < -0.39 is 0 Å². The fourth-order valence-electron chi connectivity index (χ4n) is 2.57. The quantitative estimate of drug-likeness (QED) is 0.848. The number of aryl methyl sites for hydroxylation is 3. The lowest BCUT2D eigenvalue weighted by molar-refractivity contribution is 0.577. The average molecular weight is 286 g/mol. The maximum Gasteiger partial charge on any atom is 0.0784 e. The van der Waals surface area contributed by atoms with Crippen molar-refractivity contribution < 1.29 is 0 Å². The summed E-state index contributed by atoms with van der Waals surface area (Å²) < 4.78 is 2.01. The van der Waals surface area contributed by atoms with E-state index in [1.807, 2.05) is 17.1 Å². The van der Waals surface area contributed by atoms with Gasteiger partial charge in [0.05, 0.1) is 17.9 Å². The highest BCUT2D eigenvalue weighted by Gasteiger charge is 2.18. The van der Waals surface area contributed by atoms with Crippen molar-refractivity contribution in [1.29, 1.82) is 0 Å². The van der Waals surface area contributed by atoms with Gasteiger partial charge in [-0.05, 0) is 44.4 Å². The minimum atomic E-state index is 0.121. The van der Waals surface area contributed by atoms with Gasteiger partial charge in [0.25, 0.3) is 0 Å².